The van der Waals surface area contributed by atoms with Gasteiger partial charge in [-0.3, -0.25) is 9.59 Å². The molecule has 0 aliphatic rings. The van der Waals surface area contributed by atoms with Crippen molar-refractivity contribution in [2.24, 2.45) is 11.3 Å². The van der Waals surface area contributed by atoms with Crippen LogP contribution in [0.15, 0.2) is 0 Å². The standard InChI is InChI=1S/C36H68O7/c1-4-7-10-13-16-19-22-25-28-31(32(37)38)36(43,34(41)42)35(33(39)40,29-26-23-20-17-14-11-8-5-2)30-27-24-21-18-15-12-9-6-3/h31,43H,4-30H2,1-3H3,(H,37,38)(H,39,40)(H,41,42). The first-order valence-electron chi connectivity index (χ1n) is 18.1. The highest BCUT2D eigenvalue weighted by Crippen LogP contribution is 2.48. The highest BCUT2D eigenvalue weighted by molar-refractivity contribution is 5.93. The maximum Gasteiger partial charge on any atom is 0.337 e. The Kier molecular flexibility index (Phi) is 24.7. The second-order valence-electron chi connectivity index (χ2n) is 13.1. The third-order valence-electron chi connectivity index (χ3n) is 9.53. The van der Waals surface area contributed by atoms with Gasteiger partial charge in [0.25, 0.3) is 0 Å². The molecule has 0 radical (unpaired) electrons. The average molecular weight is 613 g/mol. The Bertz CT molecular complexity index is 702. The van der Waals surface area contributed by atoms with Crippen LogP contribution in [0.3, 0.4) is 0 Å². The van der Waals surface area contributed by atoms with E-state index in [0.717, 1.165) is 96.3 Å². The topological polar surface area (TPSA) is 132 Å². The number of unbranched alkanes of at least 4 members (excludes halogenated alkanes) is 21. The van der Waals surface area contributed by atoms with Crippen molar-refractivity contribution >= 4 is 17.9 Å². The molecule has 0 rings (SSSR count). The van der Waals surface area contributed by atoms with Gasteiger partial charge in [-0.1, -0.05) is 175 Å². The molecule has 2 unspecified atom stereocenters. The monoisotopic (exact) mass is 612 g/mol. The van der Waals surface area contributed by atoms with E-state index in [1.165, 1.54) is 38.5 Å². The maximum absolute atomic E-state index is 13.1. The maximum atomic E-state index is 13.1. The molecule has 2 atom stereocenters. The summed E-state index contributed by atoms with van der Waals surface area (Å²) in [6, 6.07) is 0. The van der Waals surface area contributed by atoms with Crippen molar-refractivity contribution in [3.8, 4) is 0 Å². The largest absolute Gasteiger partial charge is 0.481 e. The first-order chi connectivity index (χ1) is 20.7. The van der Waals surface area contributed by atoms with Gasteiger partial charge in [-0.15, -0.1) is 0 Å². The summed E-state index contributed by atoms with van der Waals surface area (Å²) in [6.07, 6.45) is 23.3. The molecule has 0 aromatic heterocycles. The van der Waals surface area contributed by atoms with Crippen LogP contribution in [0.4, 0.5) is 0 Å². The molecule has 254 valence electrons. The molecule has 0 aliphatic heterocycles. The van der Waals surface area contributed by atoms with Crippen LogP contribution >= 0.6 is 0 Å². The third-order valence-corrected chi connectivity index (χ3v) is 9.53. The minimum absolute atomic E-state index is 0.0300. The van der Waals surface area contributed by atoms with E-state index >= 15 is 0 Å². The van der Waals surface area contributed by atoms with E-state index in [-0.39, 0.29) is 19.3 Å². The molecule has 0 fully saturated rings. The molecule has 0 bridgehead atoms. The number of carbonyl (C=O) groups is 3. The zero-order chi connectivity index (χ0) is 32.4. The summed E-state index contributed by atoms with van der Waals surface area (Å²) in [4.78, 5) is 38.5. The molecule has 0 aromatic rings. The normalized spacial score (nSPS) is 14.0. The van der Waals surface area contributed by atoms with Crippen LogP contribution in [0.2, 0.25) is 0 Å². The Hall–Kier alpha value is -1.63. The molecular formula is C36H68O7. The summed E-state index contributed by atoms with van der Waals surface area (Å²) in [5.74, 6) is -6.21. The second-order valence-corrected chi connectivity index (χ2v) is 13.1. The average Bonchev–Trinajstić information content (AvgIpc) is 2.97. The van der Waals surface area contributed by atoms with Crippen LogP contribution in [-0.4, -0.2) is 43.9 Å². The van der Waals surface area contributed by atoms with Crippen molar-refractivity contribution in [1.82, 2.24) is 0 Å². The Labute approximate surface area is 263 Å². The number of rotatable bonds is 32. The number of hydrogen-bond donors (Lipinski definition) is 4. The van der Waals surface area contributed by atoms with E-state index in [4.69, 9.17) is 0 Å². The van der Waals surface area contributed by atoms with Gasteiger partial charge in [-0.25, -0.2) is 4.79 Å². The summed E-state index contributed by atoms with van der Waals surface area (Å²) in [5.41, 5.74) is -4.93. The number of hydrogen-bond acceptors (Lipinski definition) is 4. The van der Waals surface area contributed by atoms with E-state index in [1.807, 2.05) is 0 Å². The summed E-state index contributed by atoms with van der Waals surface area (Å²) >= 11 is 0. The van der Waals surface area contributed by atoms with Crippen LogP contribution in [0.5, 0.6) is 0 Å². The molecule has 4 N–H and O–H groups in total. The second kappa shape index (κ2) is 25.7. The van der Waals surface area contributed by atoms with Crippen molar-refractivity contribution in [3.05, 3.63) is 0 Å². The zero-order valence-corrected chi connectivity index (χ0v) is 28.2. The lowest BCUT2D eigenvalue weighted by molar-refractivity contribution is -0.207. The minimum Gasteiger partial charge on any atom is -0.481 e. The predicted molar refractivity (Wildman–Crippen MR) is 175 cm³/mol. The first-order valence-corrected chi connectivity index (χ1v) is 18.1. The Balaban J connectivity index is 5.73. The lowest BCUT2D eigenvalue weighted by Gasteiger charge is -2.45. The van der Waals surface area contributed by atoms with E-state index < -0.39 is 34.8 Å². The fourth-order valence-corrected chi connectivity index (χ4v) is 6.69. The van der Waals surface area contributed by atoms with Crippen LogP contribution in [0, 0.1) is 11.3 Å². The lowest BCUT2D eigenvalue weighted by atomic mass is 9.59. The minimum atomic E-state index is -2.88. The van der Waals surface area contributed by atoms with Crippen molar-refractivity contribution in [3.63, 3.8) is 0 Å². The van der Waals surface area contributed by atoms with E-state index in [9.17, 15) is 34.8 Å². The van der Waals surface area contributed by atoms with E-state index in [1.54, 1.807) is 0 Å². The number of aliphatic hydroxyl groups is 1. The van der Waals surface area contributed by atoms with Crippen molar-refractivity contribution < 1.29 is 34.8 Å². The van der Waals surface area contributed by atoms with Crippen molar-refractivity contribution in [2.75, 3.05) is 0 Å². The van der Waals surface area contributed by atoms with Gasteiger partial charge in [0.2, 0.25) is 0 Å². The van der Waals surface area contributed by atoms with Crippen molar-refractivity contribution in [2.45, 2.75) is 200 Å². The molecule has 0 aliphatic carbocycles. The van der Waals surface area contributed by atoms with Gasteiger partial charge in [-0.05, 0) is 19.3 Å². The molecular weight excluding hydrogens is 544 g/mol. The molecule has 43 heavy (non-hydrogen) atoms. The van der Waals surface area contributed by atoms with Crippen LogP contribution in [0.1, 0.15) is 194 Å². The lowest BCUT2D eigenvalue weighted by Crippen LogP contribution is -2.64. The molecule has 0 aromatic carbocycles. The Morgan fingerprint density at radius 1 is 0.465 bits per heavy atom. The summed E-state index contributed by atoms with van der Waals surface area (Å²) in [7, 11) is 0. The van der Waals surface area contributed by atoms with Gasteiger partial charge in [-0.2, -0.15) is 0 Å². The molecule has 0 spiro atoms. The van der Waals surface area contributed by atoms with Gasteiger partial charge in [0.1, 0.15) is 5.41 Å². The third kappa shape index (κ3) is 15.8. The predicted octanol–water partition coefficient (Wildman–Crippen LogP) is 10.2. The van der Waals surface area contributed by atoms with E-state index in [2.05, 4.69) is 20.8 Å². The van der Waals surface area contributed by atoms with Crippen LogP contribution < -0.4 is 0 Å². The van der Waals surface area contributed by atoms with Crippen molar-refractivity contribution in [1.29, 1.82) is 0 Å². The fourth-order valence-electron chi connectivity index (χ4n) is 6.69. The number of carboxylic acids is 3. The molecule has 0 amide bonds. The molecule has 0 saturated carbocycles. The summed E-state index contributed by atoms with van der Waals surface area (Å²) in [5, 5.41) is 43.2. The number of aliphatic carboxylic acids is 3. The highest BCUT2D eigenvalue weighted by atomic mass is 16.4. The molecule has 7 heteroatoms. The quantitative estimate of drug-likeness (QED) is 0.0556. The Morgan fingerprint density at radius 3 is 1.05 bits per heavy atom. The summed E-state index contributed by atoms with van der Waals surface area (Å²) < 4.78 is 0. The molecule has 0 saturated heterocycles. The molecule has 0 heterocycles. The van der Waals surface area contributed by atoms with Gasteiger partial charge in [0.15, 0.2) is 5.60 Å². The zero-order valence-electron chi connectivity index (χ0n) is 28.2. The Morgan fingerprint density at radius 2 is 0.767 bits per heavy atom. The van der Waals surface area contributed by atoms with E-state index in [0.29, 0.717) is 19.3 Å². The highest BCUT2D eigenvalue weighted by Gasteiger charge is 2.65. The van der Waals surface area contributed by atoms with Gasteiger partial charge in [0, 0.05) is 0 Å². The van der Waals surface area contributed by atoms with Gasteiger partial charge in [0.05, 0.1) is 5.92 Å². The smallest absolute Gasteiger partial charge is 0.337 e. The fraction of sp³-hybridized carbons (Fsp3) is 0.917. The van der Waals surface area contributed by atoms with Crippen LogP contribution in [0.25, 0.3) is 0 Å². The summed E-state index contributed by atoms with van der Waals surface area (Å²) in [6.45, 7) is 6.50. The van der Waals surface area contributed by atoms with Gasteiger partial charge < -0.3 is 20.4 Å². The van der Waals surface area contributed by atoms with Gasteiger partial charge >= 0.3 is 17.9 Å². The first kappa shape index (κ1) is 41.4. The van der Waals surface area contributed by atoms with Crippen LogP contribution in [-0.2, 0) is 14.4 Å². The molecule has 7 nitrogen and oxygen atoms in total. The SMILES string of the molecule is CCCCCCCCCCC(C(=O)O)C(O)(C(=O)O)C(CCCCCCCCCC)(CCCCCCCCCC)C(=O)O. The number of carboxylic acid groups (broad SMARTS) is 3.